The third-order valence-corrected chi connectivity index (χ3v) is 5.21. The lowest BCUT2D eigenvalue weighted by Gasteiger charge is -2.38. The minimum Gasteiger partial charge on any atom is -0.303 e. The number of fused-ring (bicyclic) bond motifs is 3. The lowest BCUT2D eigenvalue weighted by atomic mass is 9.78. The van der Waals surface area contributed by atoms with E-state index in [1.165, 1.54) is 11.1 Å². The summed E-state index contributed by atoms with van der Waals surface area (Å²) < 4.78 is 0. The van der Waals surface area contributed by atoms with Gasteiger partial charge in [0.2, 0.25) is 0 Å². The lowest BCUT2D eigenvalue weighted by Crippen LogP contribution is -2.45. The maximum atomic E-state index is 13.0. The molecule has 4 heteroatoms. The van der Waals surface area contributed by atoms with Gasteiger partial charge in [-0.05, 0) is 36.6 Å². The first kappa shape index (κ1) is 15.1. The Balaban J connectivity index is 1.76. The van der Waals surface area contributed by atoms with Crippen molar-refractivity contribution in [2.75, 3.05) is 13.1 Å². The zero-order valence-corrected chi connectivity index (χ0v) is 13.7. The van der Waals surface area contributed by atoms with Crippen molar-refractivity contribution in [2.24, 2.45) is 5.41 Å². The topological polar surface area (TPSA) is 40.6 Å². The van der Waals surface area contributed by atoms with Crippen LogP contribution in [0.3, 0.4) is 0 Å². The predicted molar refractivity (Wildman–Crippen MR) is 91.2 cm³/mol. The Hall–Kier alpha value is -2.46. The van der Waals surface area contributed by atoms with Crippen LogP contribution in [0.2, 0.25) is 0 Å². The average Bonchev–Trinajstić information content (AvgIpc) is 2.96. The molecule has 2 heterocycles. The van der Waals surface area contributed by atoms with Crippen LogP contribution >= 0.6 is 0 Å². The van der Waals surface area contributed by atoms with Crippen molar-refractivity contribution >= 4 is 12.2 Å². The Morgan fingerprint density at radius 3 is 2.58 bits per heavy atom. The van der Waals surface area contributed by atoms with E-state index in [1.807, 2.05) is 49.4 Å². The van der Waals surface area contributed by atoms with Gasteiger partial charge in [-0.1, -0.05) is 42.5 Å². The molecule has 2 atom stereocenters. The molecule has 122 valence electrons. The quantitative estimate of drug-likeness (QED) is 0.799. The van der Waals surface area contributed by atoms with Gasteiger partial charge in [0.15, 0.2) is 0 Å². The normalized spacial score (nSPS) is 25.9. The molecule has 2 aliphatic heterocycles. The molecule has 0 aromatic heterocycles. The summed E-state index contributed by atoms with van der Waals surface area (Å²) in [5.74, 6) is -0.0365. The van der Waals surface area contributed by atoms with E-state index in [1.54, 1.807) is 5.01 Å². The molecule has 1 amide bonds. The summed E-state index contributed by atoms with van der Waals surface area (Å²) in [5, 5.41) is 3.86. The van der Waals surface area contributed by atoms with Crippen molar-refractivity contribution in [1.29, 1.82) is 0 Å². The minimum atomic E-state index is -0.596. The van der Waals surface area contributed by atoms with Gasteiger partial charge in [-0.15, -0.1) is 0 Å². The van der Waals surface area contributed by atoms with Gasteiger partial charge >= 0.3 is 0 Å². The smallest absolute Gasteiger partial charge is 0.268 e. The van der Waals surface area contributed by atoms with Gasteiger partial charge in [-0.25, -0.2) is 5.01 Å². The molecule has 0 bridgehead atoms. The number of hydrazine groups is 1. The molecule has 24 heavy (non-hydrogen) atoms. The Kier molecular flexibility index (Phi) is 3.50. The molecule has 0 unspecified atom stereocenters. The molecule has 1 fully saturated rings. The van der Waals surface area contributed by atoms with Crippen LogP contribution in [0.1, 0.15) is 34.5 Å². The predicted octanol–water partition coefficient (Wildman–Crippen LogP) is 2.86. The molecule has 0 saturated carbocycles. The van der Waals surface area contributed by atoms with E-state index in [0.717, 1.165) is 19.3 Å². The van der Waals surface area contributed by atoms with Crippen LogP contribution in [0.4, 0.5) is 0 Å². The van der Waals surface area contributed by atoms with Crippen LogP contribution in [0.25, 0.3) is 0 Å². The van der Waals surface area contributed by atoms with Gasteiger partial charge in [0, 0.05) is 12.1 Å². The van der Waals surface area contributed by atoms with E-state index < -0.39 is 5.41 Å². The monoisotopic (exact) mass is 320 g/mol. The van der Waals surface area contributed by atoms with Crippen molar-refractivity contribution in [3.63, 3.8) is 0 Å². The van der Waals surface area contributed by atoms with Crippen molar-refractivity contribution in [3.05, 3.63) is 71.3 Å². The SMILES string of the molecule is C[C@]1(C=O)CN(C(=O)c2ccccc2)N2CCc3ccccc3[C@@H]21. The fourth-order valence-electron chi connectivity index (χ4n) is 4.03. The summed E-state index contributed by atoms with van der Waals surface area (Å²) in [6.07, 6.45) is 1.91. The van der Waals surface area contributed by atoms with Crippen LogP contribution in [-0.2, 0) is 11.2 Å². The van der Waals surface area contributed by atoms with E-state index in [-0.39, 0.29) is 11.9 Å². The molecule has 2 aromatic carbocycles. The van der Waals surface area contributed by atoms with E-state index in [4.69, 9.17) is 0 Å². The van der Waals surface area contributed by atoms with E-state index in [0.29, 0.717) is 12.1 Å². The number of aldehydes is 1. The first-order valence-electron chi connectivity index (χ1n) is 8.32. The number of carbonyl (C=O) groups is 2. The summed E-state index contributed by atoms with van der Waals surface area (Å²) in [5.41, 5.74) is 2.51. The summed E-state index contributed by atoms with van der Waals surface area (Å²) in [7, 11) is 0. The summed E-state index contributed by atoms with van der Waals surface area (Å²) in [4.78, 5) is 24.9. The van der Waals surface area contributed by atoms with E-state index in [9.17, 15) is 9.59 Å². The van der Waals surface area contributed by atoms with Crippen LogP contribution in [0.5, 0.6) is 0 Å². The molecule has 2 aromatic rings. The number of hydrogen-bond acceptors (Lipinski definition) is 3. The highest BCUT2D eigenvalue weighted by Gasteiger charge is 2.52. The number of hydrogen-bond donors (Lipinski definition) is 0. The largest absolute Gasteiger partial charge is 0.303 e. The standard InChI is InChI=1S/C20H20N2O2/c1-20(14-23)13-22(19(24)16-8-3-2-4-9-16)21-12-11-15-7-5-6-10-17(15)18(20)21/h2-10,14,18H,11-13H2,1H3/t18-,20-/m1/s1. The Morgan fingerprint density at radius 1 is 1.12 bits per heavy atom. The maximum absolute atomic E-state index is 13.0. The summed E-state index contributed by atoms with van der Waals surface area (Å²) in [6, 6.07) is 17.5. The maximum Gasteiger partial charge on any atom is 0.268 e. The van der Waals surface area contributed by atoms with Crippen molar-refractivity contribution in [2.45, 2.75) is 19.4 Å². The third kappa shape index (κ3) is 2.18. The number of rotatable bonds is 2. The molecule has 0 spiro atoms. The third-order valence-electron chi connectivity index (χ3n) is 5.21. The van der Waals surface area contributed by atoms with Crippen LogP contribution in [-0.4, -0.2) is 35.3 Å². The second kappa shape index (κ2) is 5.56. The number of nitrogens with zero attached hydrogens (tertiary/aromatic N) is 2. The number of amides is 1. The van der Waals surface area contributed by atoms with Gasteiger partial charge in [-0.3, -0.25) is 9.80 Å². The molecule has 2 aliphatic rings. The van der Waals surface area contributed by atoms with Crippen LogP contribution in [0, 0.1) is 5.41 Å². The van der Waals surface area contributed by atoms with E-state index >= 15 is 0 Å². The number of carbonyl (C=O) groups excluding carboxylic acids is 2. The lowest BCUT2D eigenvalue weighted by molar-refractivity contribution is -0.116. The summed E-state index contributed by atoms with van der Waals surface area (Å²) in [6.45, 7) is 3.13. The van der Waals surface area contributed by atoms with Crippen molar-refractivity contribution in [3.8, 4) is 0 Å². The zero-order valence-electron chi connectivity index (χ0n) is 13.7. The van der Waals surface area contributed by atoms with E-state index in [2.05, 4.69) is 17.1 Å². The van der Waals surface area contributed by atoms with Gasteiger partial charge in [-0.2, -0.15) is 0 Å². The molecule has 0 radical (unpaired) electrons. The van der Waals surface area contributed by atoms with Crippen LogP contribution in [0.15, 0.2) is 54.6 Å². The Labute approximate surface area is 141 Å². The fourth-order valence-corrected chi connectivity index (χ4v) is 4.03. The average molecular weight is 320 g/mol. The molecule has 4 rings (SSSR count). The Morgan fingerprint density at radius 2 is 1.83 bits per heavy atom. The van der Waals surface area contributed by atoms with Crippen molar-refractivity contribution in [1.82, 2.24) is 10.0 Å². The highest BCUT2D eigenvalue weighted by molar-refractivity contribution is 5.94. The Bertz CT molecular complexity index is 789. The van der Waals surface area contributed by atoms with Crippen molar-refractivity contribution < 1.29 is 9.59 Å². The summed E-state index contributed by atoms with van der Waals surface area (Å²) >= 11 is 0. The van der Waals surface area contributed by atoms with Crippen LogP contribution < -0.4 is 0 Å². The first-order chi connectivity index (χ1) is 11.6. The minimum absolute atomic E-state index is 0.0365. The zero-order chi connectivity index (χ0) is 16.7. The highest BCUT2D eigenvalue weighted by Crippen LogP contribution is 2.48. The van der Waals surface area contributed by atoms with Gasteiger partial charge in [0.05, 0.1) is 18.0 Å². The first-order valence-corrected chi connectivity index (χ1v) is 8.32. The highest BCUT2D eigenvalue weighted by atomic mass is 16.2. The molecular weight excluding hydrogens is 300 g/mol. The second-order valence-electron chi connectivity index (χ2n) is 6.87. The van der Waals surface area contributed by atoms with Gasteiger partial charge < -0.3 is 4.79 Å². The second-order valence-corrected chi connectivity index (χ2v) is 6.87. The molecule has 0 aliphatic carbocycles. The fraction of sp³-hybridized carbons (Fsp3) is 0.300. The molecular formula is C20H20N2O2. The molecule has 4 nitrogen and oxygen atoms in total. The number of benzene rings is 2. The molecule has 0 N–H and O–H groups in total. The van der Waals surface area contributed by atoms with Gasteiger partial charge in [0.25, 0.3) is 5.91 Å². The molecule has 1 saturated heterocycles. The van der Waals surface area contributed by atoms with Gasteiger partial charge in [0.1, 0.15) is 6.29 Å².